The topological polar surface area (TPSA) is 93.4 Å². The average molecular weight is 628 g/mol. The van der Waals surface area contributed by atoms with Gasteiger partial charge in [0.15, 0.2) is 0 Å². The molecule has 6 atom stereocenters. The summed E-state index contributed by atoms with van der Waals surface area (Å²) in [6.07, 6.45) is 2.19. The van der Waals surface area contributed by atoms with Crippen molar-refractivity contribution in [2.75, 3.05) is 18.6 Å². The van der Waals surface area contributed by atoms with Crippen LogP contribution in [0.5, 0.6) is 5.75 Å². The Balaban J connectivity index is 1.35. The van der Waals surface area contributed by atoms with E-state index in [9.17, 15) is 24.8 Å². The molecule has 46 heavy (non-hydrogen) atoms. The van der Waals surface area contributed by atoms with Crippen molar-refractivity contribution < 1.29 is 29.6 Å². The minimum absolute atomic E-state index is 0.110. The maximum Gasteiger partial charge on any atom is 0.123 e. The molecule has 4 N–H and O–H groups in total. The first-order chi connectivity index (χ1) is 22.3. The van der Waals surface area contributed by atoms with E-state index in [1.54, 1.807) is 12.1 Å². The molecule has 0 radical (unpaired) electrons. The molecule has 1 heterocycles. The summed E-state index contributed by atoms with van der Waals surface area (Å²) in [5, 5.41) is 42.0. The van der Waals surface area contributed by atoms with Gasteiger partial charge in [0.2, 0.25) is 0 Å². The molecule has 0 saturated carbocycles. The third-order valence-corrected chi connectivity index (χ3v) is 9.41. The summed E-state index contributed by atoms with van der Waals surface area (Å²) in [7, 11) is 2.06. The predicted molar refractivity (Wildman–Crippen MR) is 180 cm³/mol. The zero-order valence-corrected chi connectivity index (χ0v) is 26.7. The van der Waals surface area contributed by atoms with Crippen molar-refractivity contribution in [3.05, 3.63) is 120 Å². The number of aromatic hydroxyl groups is 1. The van der Waals surface area contributed by atoms with Gasteiger partial charge in [-0.3, -0.25) is 0 Å². The van der Waals surface area contributed by atoms with Crippen LogP contribution in [0.4, 0.5) is 10.1 Å². The highest BCUT2D eigenvalue weighted by Gasteiger charge is 2.30. The van der Waals surface area contributed by atoms with Crippen LogP contribution in [0.25, 0.3) is 11.1 Å². The van der Waals surface area contributed by atoms with E-state index in [2.05, 4.69) is 31.0 Å². The van der Waals surface area contributed by atoms with E-state index in [0.29, 0.717) is 24.8 Å². The summed E-state index contributed by atoms with van der Waals surface area (Å²) in [4.78, 5) is 2.23. The molecule has 6 nitrogen and oxygen atoms in total. The number of aliphatic hydroxyl groups is 3. The second-order valence-corrected chi connectivity index (χ2v) is 12.5. The van der Waals surface area contributed by atoms with Crippen LogP contribution in [-0.2, 0) is 4.74 Å². The van der Waals surface area contributed by atoms with Gasteiger partial charge in [-0.2, -0.15) is 0 Å². The van der Waals surface area contributed by atoms with Crippen molar-refractivity contribution >= 4 is 5.69 Å². The minimum atomic E-state index is -0.659. The van der Waals surface area contributed by atoms with Crippen LogP contribution in [0.15, 0.2) is 97.1 Å². The summed E-state index contributed by atoms with van der Waals surface area (Å²) in [6.45, 7) is 2.05. The third kappa shape index (κ3) is 8.15. The molecule has 0 amide bonds. The Hall–Kier alpha value is -3.75. The number of rotatable bonds is 13. The SMILES string of the molecule is CCC(CCCC(O)c1ccc(F)cc1)C(c1ccc(-c2ccc(C3CC(O)CC(CO)O3)cc2)cc1O)N(C)c1ccccc1. The van der Waals surface area contributed by atoms with Crippen LogP contribution >= 0.6 is 0 Å². The number of phenols is 1. The van der Waals surface area contributed by atoms with Crippen LogP contribution < -0.4 is 4.90 Å². The van der Waals surface area contributed by atoms with Gasteiger partial charge < -0.3 is 30.1 Å². The van der Waals surface area contributed by atoms with E-state index < -0.39 is 12.2 Å². The van der Waals surface area contributed by atoms with E-state index in [-0.39, 0.29) is 42.3 Å². The van der Waals surface area contributed by atoms with E-state index in [1.807, 2.05) is 60.7 Å². The Morgan fingerprint density at radius 1 is 0.891 bits per heavy atom. The van der Waals surface area contributed by atoms with Gasteiger partial charge in [0.25, 0.3) is 0 Å². The minimum Gasteiger partial charge on any atom is -0.508 e. The monoisotopic (exact) mass is 627 g/mol. The molecule has 6 unspecified atom stereocenters. The van der Waals surface area contributed by atoms with Crippen molar-refractivity contribution in [2.24, 2.45) is 5.92 Å². The molecule has 1 aliphatic rings. The van der Waals surface area contributed by atoms with Gasteiger partial charge in [-0.25, -0.2) is 4.39 Å². The maximum absolute atomic E-state index is 13.4. The van der Waals surface area contributed by atoms with Gasteiger partial charge in [-0.1, -0.05) is 86.5 Å². The van der Waals surface area contributed by atoms with Gasteiger partial charge >= 0.3 is 0 Å². The Morgan fingerprint density at radius 2 is 1.59 bits per heavy atom. The lowest BCUT2D eigenvalue weighted by molar-refractivity contribution is -0.113. The number of nitrogens with zero attached hydrogens (tertiary/aromatic N) is 1. The van der Waals surface area contributed by atoms with E-state index >= 15 is 0 Å². The molecular weight excluding hydrogens is 581 g/mol. The Kier molecular flexibility index (Phi) is 11.5. The lowest BCUT2D eigenvalue weighted by Gasteiger charge is -2.37. The van der Waals surface area contributed by atoms with Gasteiger partial charge in [-0.15, -0.1) is 0 Å². The molecule has 4 aromatic rings. The summed E-state index contributed by atoms with van der Waals surface area (Å²) in [6, 6.07) is 29.9. The number of benzene rings is 4. The first-order valence-electron chi connectivity index (χ1n) is 16.4. The predicted octanol–water partition coefficient (Wildman–Crippen LogP) is 7.88. The average Bonchev–Trinajstić information content (AvgIpc) is 3.08. The molecule has 5 rings (SSSR count). The van der Waals surface area contributed by atoms with Gasteiger partial charge in [0.05, 0.1) is 37.1 Å². The summed E-state index contributed by atoms with van der Waals surface area (Å²) < 4.78 is 19.3. The standard InChI is InChI=1S/C39H46FNO5/c1-3-26(8-7-11-36(44)28-16-19-31(40)20-17-28)39(41(2)32-9-5-4-6-10-32)35-21-18-30(22-37(35)45)27-12-14-29(15-13-27)38-24-33(43)23-34(25-42)46-38/h4-6,9-10,12-22,26,33-34,36,38-39,42-45H,3,7-8,11,23-25H2,1-2H3. The van der Waals surface area contributed by atoms with Gasteiger partial charge in [0.1, 0.15) is 11.6 Å². The highest BCUT2D eigenvalue weighted by molar-refractivity contribution is 5.67. The molecule has 0 spiro atoms. The van der Waals surface area contributed by atoms with Gasteiger partial charge in [0, 0.05) is 31.1 Å². The fourth-order valence-electron chi connectivity index (χ4n) is 6.80. The summed E-state index contributed by atoms with van der Waals surface area (Å²) in [5.41, 5.74) is 5.40. The largest absolute Gasteiger partial charge is 0.508 e. The first-order valence-corrected chi connectivity index (χ1v) is 16.4. The van der Waals surface area contributed by atoms with Crippen molar-refractivity contribution in [3.63, 3.8) is 0 Å². The zero-order valence-electron chi connectivity index (χ0n) is 26.7. The second-order valence-electron chi connectivity index (χ2n) is 12.5. The quantitative estimate of drug-likeness (QED) is 0.121. The van der Waals surface area contributed by atoms with E-state index in [0.717, 1.165) is 47.2 Å². The molecule has 0 aliphatic carbocycles. The second kappa shape index (κ2) is 15.7. The van der Waals surface area contributed by atoms with Crippen molar-refractivity contribution in [2.45, 2.75) is 75.9 Å². The summed E-state index contributed by atoms with van der Waals surface area (Å²) in [5.74, 6) is 0.0993. The molecule has 1 saturated heterocycles. The maximum atomic E-state index is 13.4. The molecule has 244 valence electrons. The Bertz CT molecular complexity index is 1510. The van der Waals surface area contributed by atoms with Crippen LogP contribution in [0.2, 0.25) is 0 Å². The molecule has 1 aliphatic heterocycles. The first kappa shape index (κ1) is 33.6. The molecule has 0 bridgehead atoms. The highest BCUT2D eigenvalue weighted by atomic mass is 19.1. The van der Waals surface area contributed by atoms with Crippen molar-refractivity contribution in [1.29, 1.82) is 0 Å². The number of phenolic OH excluding ortho intramolecular Hbond substituents is 1. The number of hydrogen-bond acceptors (Lipinski definition) is 6. The zero-order chi connectivity index (χ0) is 32.6. The van der Waals surface area contributed by atoms with E-state index in [4.69, 9.17) is 4.74 Å². The molecular formula is C39H46FNO5. The Morgan fingerprint density at radius 3 is 2.24 bits per heavy atom. The van der Waals surface area contributed by atoms with Crippen LogP contribution in [0.1, 0.15) is 80.4 Å². The van der Waals surface area contributed by atoms with E-state index in [1.165, 1.54) is 12.1 Å². The lowest BCUT2D eigenvalue weighted by atomic mass is 9.84. The highest BCUT2D eigenvalue weighted by Crippen LogP contribution is 2.42. The third-order valence-electron chi connectivity index (χ3n) is 9.41. The number of hydrogen-bond donors (Lipinski definition) is 4. The number of aliphatic hydroxyl groups excluding tert-OH is 3. The fourth-order valence-corrected chi connectivity index (χ4v) is 6.80. The molecule has 0 aromatic heterocycles. The molecule has 7 heteroatoms. The van der Waals surface area contributed by atoms with Crippen LogP contribution in [-0.4, -0.2) is 46.3 Å². The smallest absolute Gasteiger partial charge is 0.123 e. The van der Waals surface area contributed by atoms with Crippen LogP contribution in [0, 0.1) is 11.7 Å². The van der Waals surface area contributed by atoms with Crippen LogP contribution in [0.3, 0.4) is 0 Å². The molecule has 1 fully saturated rings. The number of ether oxygens (including phenoxy) is 1. The Labute approximate surface area is 271 Å². The molecule has 4 aromatic carbocycles. The lowest BCUT2D eigenvalue weighted by Crippen LogP contribution is -2.33. The fraction of sp³-hybridized carbons (Fsp3) is 0.385. The number of halogens is 1. The normalized spacial score (nSPS) is 20.2. The van der Waals surface area contributed by atoms with Crippen molar-refractivity contribution in [1.82, 2.24) is 0 Å². The summed E-state index contributed by atoms with van der Waals surface area (Å²) >= 11 is 0. The van der Waals surface area contributed by atoms with Gasteiger partial charge in [-0.05, 0) is 71.3 Å². The number of anilines is 1. The number of para-hydroxylation sites is 1. The van der Waals surface area contributed by atoms with Crippen molar-refractivity contribution in [3.8, 4) is 16.9 Å².